The highest BCUT2D eigenvalue weighted by Crippen LogP contribution is 2.29. The van der Waals surface area contributed by atoms with Crippen LogP contribution in [0.5, 0.6) is 0 Å². The molecule has 0 aliphatic heterocycles. The maximum Gasteiger partial charge on any atom is 0.410 e. The minimum atomic E-state index is -1.38. The number of amides is 2. The first-order valence-electron chi connectivity index (χ1n) is 9.78. The molecule has 2 N–H and O–H groups in total. The molecule has 176 valence electrons. The van der Waals surface area contributed by atoms with Crippen molar-refractivity contribution in [3.63, 3.8) is 0 Å². The summed E-state index contributed by atoms with van der Waals surface area (Å²) in [4.78, 5) is 25.9. The van der Waals surface area contributed by atoms with Gasteiger partial charge in [-0.2, -0.15) is 0 Å². The fourth-order valence-corrected chi connectivity index (χ4v) is 3.39. The van der Waals surface area contributed by atoms with E-state index in [1.807, 2.05) is 0 Å². The maximum atomic E-state index is 14.5. The number of nitrogens with one attached hydrogen (secondary N) is 1. The largest absolute Gasteiger partial charge is 0.444 e. The van der Waals surface area contributed by atoms with Crippen molar-refractivity contribution < 1.29 is 28.6 Å². The zero-order valence-electron chi connectivity index (χ0n) is 18.9. The molecule has 1 rings (SSSR count). The molecule has 0 bridgehead atoms. The summed E-state index contributed by atoms with van der Waals surface area (Å²) < 4.78 is 25.2. The van der Waals surface area contributed by atoms with Gasteiger partial charge < -0.3 is 24.8 Å². The molecule has 1 aromatic rings. The zero-order valence-corrected chi connectivity index (χ0v) is 21.2. The molecule has 0 saturated heterocycles. The van der Waals surface area contributed by atoms with Crippen molar-refractivity contribution in [3.8, 4) is 0 Å². The number of carbonyl (C=O) groups excluding carboxylic acids is 2. The minimum Gasteiger partial charge on any atom is -0.444 e. The van der Waals surface area contributed by atoms with E-state index in [9.17, 15) is 19.1 Å². The molecule has 0 spiro atoms. The number of halogens is 3. The number of rotatable bonds is 6. The first-order valence-corrected chi connectivity index (χ1v) is 11.0. The molecule has 0 aromatic heterocycles. The van der Waals surface area contributed by atoms with Gasteiger partial charge in [0.05, 0.1) is 17.1 Å². The van der Waals surface area contributed by atoms with E-state index in [1.165, 1.54) is 17.0 Å². The Kier molecular flexibility index (Phi) is 9.59. The lowest BCUT2D eigenvalue weighted by Crippen LogP contribution is -2.48. The first-order chi connectivity index (χ1) is 14.0. The summed E-state index contributed by atoms with van der Waals surface area (Å²) in [6.07, 6.45) is -2.74. The number of aliphatic hydroxyl groups excluding tert-OH is 1. The average molecular weight is 526 g/mol. The van der Waals surface area contributed by atoms with Crippen LogP contribution in [0.2, 0.25) is 5.02 Å². The van der Waals surface area contributed by atoms with E-state index in [1.54, 1.807) is 48.5 Å². The van der Waals surface area contributed by atoms with Crippen molar-refractivity contribution in [2.45, 2.75) is 71.8 Å². The fourth-order valence-electron chi connectivity index (χ4n) is 2.56. The summed E-state index contributed by atoms with van der Waals surface area (Å²) in [6, 6.07) is 2.12. The SMILES string of the molecule is C[C@H](CN(CC(O)c1cc(Cl)cc(Br)c1F)C(=O)OC(C)(C)C)NC(=O)OC(C)(C)C. The number of benzene rings is 1. The van der Waals surface area contributed by atoms with E-state index in [4.69, 9.17) is 21.1 Å². The van der Waals surface area contributed by atoms with Gasteiger partial charge in [0, 0.05) is 23.2 Å². The van der Waals surface area contributed by atoms with E-state index in [0.717, 1.165) is 0 Å². The van der Waals surface area contributed by atoms with Crippen LogP contribution in [0.15, 0.2) is 16.6 Å². The third kappa shape index (κ3) is 10.1. The van der Waals surface area contributed by atoms with Gasteiger partial charge in [-0.25, -0.2) is 14.0 Å². The Bertz CT molecular complexity index is 795. The van der Waals surface area contributed by atoms with Crippen LogP contribution in [0.1, 0.15) is 60.1 Å². The number of hydrogen-bond donors (Lipinski definition) is 2. The quantitative estimate of drug-likeness (QED) is 0.484. The summed E-state index contributed by atoms with van der Waals surface area (Å²) in [5.74, 6) is -0.680. The van der Waals surface area contributed by atoms with Gasteiger partial charge >= 0.3 is 12.2 Å². The van der Waals surface area contributed by atoms with Gasteiger partial charge in [-0.15, -0.1) is 0 Å². The van der Waals surface area contributed by atoms with Gasteiger partial charge in [0.25, 0.3) is 0 Å². The molecule has 0 saturated carbocycles. The van der Waals surface area contributed by atoms with Gasteiger partial charge in [0.2, 0.25) is 0 Å². The van der Waals surface area contributed by atoms with Crippen LogP contribution in [-0.2, 0) is 9.47 Å². The molecule has 0 aliphatic carbocycles. The van der Waals surface area contributed by atoms with Crippen LogP contribution in [0.3, 0.4) is 0 Å². The molecule has 1 unspecified atom stereocenters. The van der Waals surface area contributed by atoms with Crippen molar-refractivity contribution in [3.05, 3.63) is 33.0 Å². The number of alkyl carbamates (subject to hydrolysis) is 1. The average Bonchev–Trinajstić information content (AvgIpc) is 2.53. The molecule has 10 heteroatoms. The van der Waals surface area contributed by atoms with Crippen molar-refractivity contribution in [1.29, 1.82) is 0 Å². The number of nitrogens with zero attached hydrogens (tertiary/aromatic N) is 1. The monoisotopic (exact) mass is 524 g/mol. The summed E-state index contributed by atoms with van der Waals surface area (Å²) in [6.45, 7) is 11.7. The number of aliphatic hydroxyl groups is 1. The molecular weight excluding hydrogens is 495 g/mol. The third-order valence-corrected chi connectivity index (χ3v) is 4.48. The third-order valence-electron chi connectivity index (χ3n) is 3.68. The topological polar surface area (TPSA) is 88.1 Å². The Balaban J connectivity index is 3.01. The predicted octanol–water partition coefficient (Wildman–Crippen LogP) is 5.43. The van der Waals surface area contributed by atoms with E-state index in [-0.39, 0.29) is 28.1 Å². The Hall–Kier alpha value is -1.58. The molecule has 2 atom stereocenters. The van der Waals surface area contributed by atoms with Gasteiger partial charge in [-0.3, -0.25) is 0 Å². The second-order valence-corrected chi connectivity index (χ2v) is 10.5. The van der Waals surface area contributed by atoms with E-state index in [2.05, 4.69) is 21.2 Å². The Morgan fingerprint density at radius 2 is 1.71 bits per heavy atom. The highest BCUT2D eigenvalue weighted by Gasteiger charge is 2.28. The van der Waals surface area contributed by atoms with Crippen molar-refractivity contribution in [1.82, 2.24) is 10.2 Å². The standard InChI is InChI=1S/C21H31BrClFN2O5/c1-12(25-18(28)30-20(2,3)4)10-26(19(29)31-21(5,6)7)11-16(27)14-8-13(23)9-15(22)17(14)24/h8-9,12,16,27H,10-11H2,1-7H3,(H,25,28)/t12-,16?/m1/s1. The highest BCUT2D eigenvalue weighted by atomic mass is 79.9. The molecule has 0 heterocycles. The second-order valence-electron chi connectivity index (χ2n) is 9.24. The molecule has 0 radical (unpaired) electrons. The van der Waals surface area contributed by atoms with Gasteiger partial charge in [0.1, 0.15) is 17.0 Å². The van der Waals surface area contributed by atoms with Crippen LogP contribution >= 0.6 is 27.5 Å². The number of carbonyl (C=O) groups is 2. The predicted molar refractivity (Wildman–Crippen MR) is 121 cm³/mol. The van der Waals surface area contributed by atoms with Crippen LogP contribution in [0.4, 0.5) is 14.0 Å². The summed E-state index contributed by atoms with van der Waals surface area (Å²) in [5.41, 5.74) is -1.53. The lowest BCUT2D eigenvalue weighted by atomic mass is 10.1. The lowest BCUT2D eigenvalue weighted by molar-refractivity contribution is 0.0110. The molecule has 0 aliphatic rings. The lowest BCUT2D eigenvalue weighted by Gasteiger charge is -2.31. The molecule has 31 heavy (non-hydrogen) atoms. The van der Waals surface area contributed by atoms with Crippen LogP contribution in [0, 0.1) is 5.82 Å². The molecule has 7 nitrogen and oxygen atoms in total. The first kappa shape index (κ1) is 27.5. The van der Waals surface area contributed by atoms with Crippen LogP contribution < -0.4 is 5.32 Å². The summed E-state index contributed by atoms with van der Waals surface area (Å²) >= 11 is 9.03. The Labute approximate surface area is 196 Å². The van der Waals surface area contributed by atoms with Crippen molar-refractivity contribution >= 4 is 39.7 Å². The van der Waals surface area contributed by atoms with E-state index < -0.39 is 41.4 Å². The smallest absolute Gasteiger partial charge is 0.410 e. The normalized spacial score (nSPS) is 13.9. The molecule has 2 amide bonds. The van der Waals surface area contributed by atoms with Crippen LogP contribution in [0.25, 0.3) is 0 Å². The summed E-state index contributed by atoms with van der Waals surface area (Å²) in [7, 11) is 0. The molecule has 1 aromatic carbocycles. The molecular formula is C21H31BrClFN2O5. The van der Waals surface area contributed by atoms with Gasteiger partial charge in [-0.1, -0.05) is 11.6 Å². The van der Waals surface area contributed by atoms with E-state index >= 15 is 0 Å². The van der Waals surface area contributed by atoms with Crippen LogP contribution in [-0.4, -0.2) is 52.5 Å². The maximum absolute atomic E-state index is 14.5. The Morgan fingerprint density at radius 3 is 2.23 bits per heavy atom. The number of ether oxygens (including phenoxy) is 2. The van der Waals surface area contributed by atoms with Gasteiger partial charge in [0.15, 0.2) is 0 Å². The minimum absolute atomic E-state index is 0.00539. The van der Waals surface area contributed by atoms with E-state index in [0.29, 0.717) is 0 Å². The summed E-state index contributed by atoms with van der Waals surface area (Å²) in [5, 5.41) is 13.5. The number of hydrogen-bond acceptors (Lipinski definition) is 5. The second kappa shape index (κ2) is 10.8. The fraction of sp³-hybridized carbons (Fsp3) is 0.619. The van der Waals surface area contributed by atoms with Gasteiger partial charge in [-0.05, 0) is 76.5 Å². The molecule has 0 fully saturated rings. The Morgan fingerprint density at radius 1 is 1.16 bits per heavy atom. The van der Waals surface area contributed by atoms with Crippen molar-refractivity contribution in [2.75, 3.05) is 13.1 Å². The van der Waals surface area contributed by atoms with Crippen molar-refractivity contribution in [2.24, 2.45) is 0 Å². The zero-order chi connectivity index (χ0) is 24.1. The highest BCUT2D eigenvalue weighted by molar-refractivity contribution is 9.10.